The summed E-state index contributed by atoms with van der Waals surface area (Å²) in [6.45, 7) is 5.57. The molecule has 0 spiro atoms. The molecule has 1 aliphatic rings. The number of ether oxygens (including phenoxy) is 1. The molecule has 3 heterocycles. The number of hydrogen-bond acceptors (Lipinski definition) is 7. The van der Waals surface area contributed by atoms with Crippen molar-refractivity contribution in [2.24, 2.45) is 0 Å². The molecule has 0 atom stereocenters. The maximum absolute atomic E-state index is 12.5. The van der Waals surface area contributed by atoms with Gasteiger partial charge in [-0.25, -0.2) is 9.97 Å². The maximum atomic E-state index is 12.5. The van der Waals surface area contributed by atoms with E-state index in [4.69, 9.17) is 9.15 Å². The quantitative estimate of drug-likeness (QED) is 0.649. The number of rotatable bonds is 6. The van der Waals surface area contributed by atoms with Crippen molar-refractivity contribution in [1.82, 2.24) is 19.4 Å². The lowest BCUT2D eigenvalue weighted by molar-refractivity contribution is 0.186. The number of benzene rings is 1. The fraction of sp³-hybridized carbons (Fsp3) is 0.421. The standard InChI is InChI=1S/C19H23N5O3/c1-26-9-8-24-13-20-18-10-16(2-3-17(18)19(24)25)23-6-4-22(5-7-23)11-15-12-27-14-21-15/h2-3,10,12-14H,4-9,11H2,1H3. The van der Waals surface area contributed by atoms with Gasteiger partial charge in [0.2, 0.25) is 0 Å². The van der Waals surface area contributed by atoms with Crippen LogP contribution >= 0.6 is 0 Å². The van der Waals surface area contributed by atoms with E-state index in [0.717, 1.165) is 49.6 Å². The lowest BCUT2D eigenvalue weighted by Gasteiger charge is -2.35. The molecule has 8 heteroatoms. The molecule has 0 radical (unpaired) electrons. The van der Waals surface area contributed by atoms with Crippen molar-refractivity contribution in [2.75, 3.05) is 44.8 Å². The van der Waals surface area contributed by atoms with Crippen molar-refractivity contribution < 1.29 is 9.15 Å². The van der Waals surface area contributed by atoms with Gasteiger partial charge in [-0.1, -0.05) is 0 Å². The summed E-state index contributed by atoms with van der Waals surface area (Å²) in [7, 11) is 1.62. The van der Waals surface area contributed by atoms with Crippen molar-refractivity contribution in [2.45, 2.75) is 13.1 Å². The average molecular weight is 369 g/mol. The molecule has 8 nitrogen and oxygen atoms in total. The normalized spacial score (nSPS) is 15.5. The zero-order valence-electron chi connectivity index (χ0n) is 15.4. The van der Waals surface area contributed by atoms with Crippen LogP contribution in [0.2, 0.25) is 0 Å². The minimum absolute atomic E-state index is 0.0268. The number of piperazine rings is 1. The molecule has 1 aromatic carbocycles. The summed E-state index contributed by atoms with van der Waals surface area (Å²) in [5, 5.41) is 0.641. The predicted molar refractivity (Wildman–Crippen MR) is 102 cm³/mol. The van der Waals surface area contributed by atoms with E-state index in [1.165, 1.54) is 6.39 Å². The minimum Gasteiger partial charge on any atom is -0.451 e. The summed E-state index contributed by atoms with van der Waals surface area (Å²) in [4.78, 5) is 25.9. The predicted octanol–water partition coefficient (Wildman–Crippen LogP) is 1.35. The van der Waals surface area contributed by atoms with Gasteiger partial charge in [0, 0.05) is 45.5 Å². The zero-order chi connectivity index (χ0) is 18.6. The maximum Gasteiger partial charge on any atom is 0.261 e. The van der Waals surface area contributed by atoms with Gasteiger partial charge in [0.1, 0.15) is 6.26 Å². The highest BCUT2D eigenvalue weighted by molar-refractivity contribution is 5.81. The highest BCUT2D eigenvalue weighted by Gasteiger charge is 2.18. The topological polar surface area (TPSA) is 76.6 Å². The summed E-state index contributed by atoms with van der Waals surface area (Å²) in [6, 6.07) is 5.90. The van der Waals surface area contributed by atoms with E-state index >= 15 is 0 Å². The van der Waals surface area contributed by atoms with Gasteiger partial charge in [0.25, 0.3) is 5.56 Å². The van der Waals surface area contributed by atoms with Crippen LogP contribution in [0.15, 0.2) is 46.4 Å². The first-order valence-corrected chi connectivity index (χ1v) is 9.07. The summed E-state index contributed by atoms with van der Waals surface area (Å²) >= 11 is 0. The van der Waals surface area contributed by atoms with Crippen molar-refractivity contribution in [3.8, 4) is 0 Å². The monoisotopic (exact) mass is 369 g/mol. The summed E-state index contributed by atoms with van der Waals surface area (Å²) in [6.07, 6.45) is 4.76. The SMILES string of the molecule is COCCn1cnc2cc(N3CCN(Cc4cocn4)CC3)ccc2c1=O. The fourth-order valence-corrected chi connectivity index (χ4v) is 3.40. The highest BCUT2D eigenvalue weighted by atomic mass is 16.5. The van der Waals surface area contributed by atoms with E-state index < -0.39 is 0 Å². The molecule has 1 saturated heterocycles. The molecule has 3 aromatic rings. The van der Waals surface area contributed by atoms with E-state index in [9.17, 15) is 4.79 Å². The van der Waals surface area contributed by atoms with E-state index in [2.05, 4.69) is 19.8 Å². The molecule has 0 aliphatic carbocycles. The minimum atomic E-state index is -0.0268. The molecular formula is C19H23N5O3. The molecule has 4 rings (SSSR count). The van der Waals surface area contributed by atoms with Crippen molar-refractivity contribution in [3.63, 3.8) is 0 Å². The molecule has 1 aliphatic heterocycles. The first-order valence-electron chi connectivity index (χ1n) is 9.07. The number of methoxy groups -OCH3 is 1. The van der Waals surface area contributed by atoms with E-state index in [1.807, 2.05) is 18.2 Å². The Morgan fingerprint density at radius 1 is 1.19 bits per heavy atom. The molecule has 142 valence electrons. The number of fused-ring (bicyclic) bond motifs is 1. The first kappa shape index (κ1) is 17.7. The first-order chi connectivity index (χ1) is 13.2. The Balaban J connectivity index is 1.46. The van der Waals surface area contributed by atoms with Crippen LogP contribution in [-0.2, 0) is 17.8 Å². The second-order valence-corrected chi connectivity index (χ2v) is 6.68. The number of nitrogens with zero attached hydrogens (tertiary/aromatic N) is 5. The molecule has 0 saturated carbocycles. The van der Waals surface area contributed by atoms with Crippen molar-refractivity contribution in [1.29, 1.82) is 0 Å². The molecule has 1 fully saturated rings. The van der Waals surface area contributed by atoms with Crippen LogP contribution in [0.25, 0.3) is 10.9 Å². The fourth-order valence-electron chi connectivity index (χ4n) is 3.40. The van der Waals surface area contributed by atoms with E-state index in [0.29, 0.717) is 18.5 Å². The smallest absolute Gasteiger partial charge is 0.261 e. The largest absolute Gasteiger partial charge is 0.451 e. The third-order valence-electron chi connectivity index (χ3n) is 4.95. The van der Waals surface area contributed by atoms with Crippen LogP contribution in [0.5, 0.6) is 0 Å². The van der Waals surface area contributed by atoms with Crippen molar-refractivity contribution in [3.05, 3.63) is 53.2 Å². The second-order valence-electron chi connectivity index (χ2n) is 6.68. The Morgan fingerprint density at radius 3 is 2.78 bits per heavy atom. The Hall–Kier alpha value is -2.71. The number of hydrogen-bond donors (Lipinski definition) is 0. The van der Waals surface area contributed by atoms with Crippen LogP contribution in [-0.4, -0.2) is 59.3 Å². The lowest BCUT2D eigenvalue weighted by atomic mass is 10.2. The van der Waals surface area contributed by atoms with Crippen LogP contribution in [0, 0.1) is 0 Å². The van der Waals surface area contributed by atoms with Crippen LogP contribution in [0.1, 0.15) is 5.69 Å². The van der Waals surface area contributed by atoms with Crippen LogP contribution < -0.4 is 10.5 Å². The number of aromatic nitrogens is 3. The van der Waals surface area contributed by atoms with Gasteiger partial charge in [-0.2, -0.15) is 0 Å². The Kier molecular flexibility index (Phi) is 5.17. The molecule has 0 amide bonds. The average Bonchev–Trinajstić information content (AvgIpc) is 3.21. The highest BCUT2D eigenvalue weighted by Crippen LogP contribution is 2.21. The van der Waals surface area contributed by atoms with Crippen LogP contribution in [0.3, 0.4) is 0 Å². The van der Waals surface area contributed by atoms with Crippen molar-refractivity contribution >= 4 is 16.6 Å². The van der Waals surface area contributed by atoms with Gasteiger partial charge >= 0.3 is 0 Å². The van der Waals surface area contributed by atoms with Gasteiger partial charge in [-0.15, -0.1) is 0 Å². The van der Waals surface area contributed by atoms with Gasteiger partial charge < -0.3 is 14.1 Å². The third-order valence-corrected chi connectivity index (χ3v) is 4.95. The molecule has 2 aromatic heterocycles. The van der Waals surface area contributed by atoms with Gasteiger partial charge in [0.15, 0.2) is 6.39 Å². The van der Waals surface area contributed by atoms with Gasteiger partial charge in [-0.05, 0) is 18.2 Å². The zero-order valence-corrected chi connectivity index (χ0v) is 15.4. The van der Waals surface area contributed by atoms with Crippen LogP contribution in [0.4, 0.5) is 5.69 Å². The Morgan fingerprint density at radius 2 is 2.04 bits per heavy atom. The summed E-state index contributed by atoms with van der Waals surface area (Å²) < 4.78 is 11.7. The van der Waals surface area contributed by atoms with E-state index in [-0.39, 0.29) is 5.56 Å². The second kappa shape index (κ2) is 7.89. The van der Waals surface area contributed by atoms with E-state index in [1.54, 1.807) is 24.3 Å². The molecule has 0 N–H and O–H groups in total. The molecule has 0 unspecified atom stereocenters. The number of oxazole rings is 1. The van der Waals surface area contributed by atoms with Gasteiger partial charge in [0.05, 0.1) is 36.1 Å². The molecule has 0 bridgehead atoms. The van der Waals surface area contributed by atoms with Gasteiger partial charge in [-0.3, -0.25) is 14.3 Å². The summed E-state index contributed by atoms with van der Waals surface area (Å²) in [5.74, 6) is 0. The molecular weight excluding hydrogens is 346 g/mol. The lowest BCUT2D eigenvalue weighted by Crippen LogP contribution is -2.46. The number of anilines is 1. The Labute approximate surface area is 157 Å². The Bertz CT molecular complexity index is 946. The molecule has 27 heavy (non-hydrogen) atoms. The third kappa shape index (κ3) is 3.86. The summed E-state index contributed by atoms with van der Waals surface area (Å²) in [5.41, 5.74) is 2.77.